The van der Waals surface area contributed by atoms with Crippen LogP contribution in [0.15, 0.2) is 22.9 Å². The third-order valence-electron chi connectivity index (χ3n) is 2.57. The van der Waals surface area contributed by atoms with Gasteiger partial charge in [-0.3, -0.25) is 4.68 Å². The van der Waals surface area contributed by atoms with Crippen molar-refractivity contribution in [1.82, 2.24) is 9.78 Å². The molecule has 2 aromatic rings. The lowest BCUT2D eigenvalue weighted by atomic mass is 10.2. The molecule has 98 valence electrons. The average Bonchev–Trinajstić information content (AvgIpc) is 2.86. The Labute approximate surface area is 101 Å². The van der Waals surface area contributed by atoms with Crippen LogP contribution >= 0.6 is 0 Å². The van der Waals surface area contributed by atoms with Gasteiger partial charge in [0.1, 0.15) is 11.5 Å². The molecule has 4 nitrogen and oxygen atoms in total. The molecule has 0 radical (unpaired) electrons. The van der Waals surface area contributed by atoms with E-state index in [1.54, 1.807) is 13.0 Å². The minimum absolute atomic E-state index is 0.228. The van der Waals surface area contributed by atoms with Crippen LogP contribution in [-0.2, 0) is 19.3 Å². The summed E-state index contributed by atoms with van der Waals surface area (Å²) in [5.41, 5.74) is 5.43. The summed E-state index contributed by atoms with van der Waals surface area (Å²) >= 11 is 0. The van der Waals surface area contributed by atoms with Gasteiger partial charge < -0.3 is 10.2 Å². The van der Waals surface area contributed by atoms with Crippen LogP contribution in [0.1, 0.15) is 22.6 Å². The van der Waals surface area contributed by atoms with E-state index in [0.717, 1.165) is 18.0 Å². The van der Waals surface area contributed by atoms with Crippen molar-refractivity contribution in [3.63, 3.8) is 0 Å². The predicted molar refractivity (Wildman–Crippen MR) is 57.7 cm³/mol. The van der Waals surface area contributed by atoms with Gasteiger partial charge in [0.15, 0.2) is 0 Å². The van der Waals surface area contributed by atoms with Crippen molar-refractivity contribution in [2.75, 3.05) is 0 Å². The molecule has 0 aromatic carbocycles. The molecule has 2 N–H and O–H groups in total. The molecule has 0 saturated heterocycles. The number of aromatic nitrogens is 2. The van der Waals surface area contributed by atoms with E-state index >= 15 is 0 Å². The van der Waals surface area contributed by atoms with Gasteiger partial charge in [0.05, 0.1) is 24.8 Å². The molecule has 0 amide bonds. The third-order valence-corrected chi connectivity index (χ3v) is 2.57. The first-order chi connectivity index (χ1) is 8.40. The van der Waals surface area contributed by atoms with Crippen LogP contribution < -0.4 is 5.73 Å². The van der Waals surface area contributed by atoms with Gasteiger partial charge in [-0.15, -0.1) is 0 Å². The van der Waals surface area contributed by atoms with Gasteiger partial charge in [-0.1, -0.05) is 0 Å². The summed E-state index contributed by atoms with van der Waals surface area (Å²) in [4.78, 5) is 0. The Hall–Kier alpha value is -1.76. The molecule has 0 aliphatic rings. The zero-order valence-electron chi connectivity index (χ0n) is 9.66. The molecule has 0 saturated carbocycles. The average molecular weight is 259 g/mol. The van der Waals surface area contributed by atoms with E-state index in [2.05, 4.69) is 5.10 Å². The van der Waals surface area contributed by atoms with Crippen LogP contribution in [0.3, 0.4) is 0 Å². The van der Waals surface area contributed by atoms with Gasteiger partial charge >= 0.3 is 6.18 Å². The fourth-order valence-corrected chi connectivity index (χ4v) is 1.62. The van der Waals surface area contributed by atoms with E-state index in [1.165, 1.54) is 4.68 Å². The molecule has 0 fully saturated rings. The Morgan fingerprint density at radius 2 is 2.17 bits per heavy atom. The van der Waals surface area contributed by atoms with Crippen molar-refractivity contribution in [1.29, 1.82) is 0 Å². The van der Waals surface area contributed by atoms with Gasteiger partial charge in [-0.25, -0.2) is 0 Å². The Morgan fingerprint density at radius 3 is 2.67 bits per heavy atom. The molecular weight excluding hydrogens is 247 g/mol. The van der Waals surface area contributed by atoms with E-state index in [0.29, 0.717) is 11.5 Å². The van der Waals surface area contributed by atoms with Gasteiger partial charge in [-0.05, 0) is 13.0 Å². The Kier molecular flexibility index (Phi) is 3.16. The van der Waals surface area contributed by atoms with Gasteiger partial charge in [-0.2, -0.15) is 18.3 Å². The SMILES string of the molecule is Cc1oc(CN)cc1Cn1cc(C(F)(F)F)cn1. The number of alkyl halides is 3. The van der Waals surface area contributed by atoms with Crippen molar-refractivity contribution >= 4 is 0 Å². The van der Waals surface area contributed by atoms with Crippen molar-refractivity contribution in [3.05, 3.63) is 41.1 Å². The maximum Gasteiger partial charge on any atom is 0.419 e. The van der Waals surface area contributed by atoms with Gasteiger partial charge in [0.2, 0.25) is 0 Å². The van der Waals surface area contributed by atoms with Gasteiger partial charge in [0, 0.05) is 11.8 Å². The summed E-state index contributed by atoms with van der Waals surface area (Å²) in [6, 6.07) is 1.73. The highest BCUT2D eigenvalue weighted by atomic mass is 19.4. The maximum atomic E-state index is 12.4. The number of hydrogen-bond donors (Lipinski definition) is 1. The minimum Gasteiger partial charge on any atom is -0.465 e. The highest BCUT2D eigenvalue weighted by Crippen LogP contribution is 2.28. The molecule has 2 rings (SSSR count). The first-order valence-corrected chi connectivity index (χ1v) is 5.28. The summed E-state index contributed by atoms with van der Waals surface area (Å²) in [6.45, 7) is 2.22. The largest absolute Gasteiger partial charge is 0.465 e. The summed E-state index contributed by atoms with van der Waals surface area (Å²) in [5, 5.41) is 3.68. The summed E-state index contributed by atoms with van der Waals surface area (Å²) in [5.74, 6) is 1.24. The number of nitrogens with two attached hydrogens (primary N) is 1. The molecule has 0 aliphatic heterocycles. The number of nitrogens with zero attached hydrogens (tertiary/aromatic N) is 2. The van der Waals surface area contributed by atoms with E-state index in [-0.39, 0.29) is 13.1 Å². The van der Waals surface area contributed by atoms with Crippen LogP contribution in [0.5, 0.6) is 0 Å². The number of furan rings is 1. The van der Waals surface area contributed by atoms with Crippen molar-refractivity contribution < 1.29 is 17.6 Å². The second-order valence-corrected chi connectivity index (χ2v) is 3.92. The van der Waals surface area contributed by atoms with Gasteiger partial charge in [0.25, 0.3) is 0 Å². The smallest absolute Gasteiger partial charge is 0.419 e. The first kappa shape index (κ1) is 12.7. The van der Waals surface area contributed by atoms with E-state index in [1.807, 2.05) is 0 Å². The standard InChI is InChI=1S/C11H12F3N3O/c1-7-8(2-10(3-15)18-7)5-17-6-9(4-16-17)11(12,13)14/h2,4,6H,3,5,15H2,1H3. The van der Waals surface area contributed by atoms with Crippen LogP contribution in [0, 0.1) is 6.92 Å². The zero-order chi connectivity index (χ0) is 13.3. The Balaban J connectivity index is 2.18. The summed E-state index contributed by atoms with van der Waals surface area (Å²) < 4.78 is 43.7. The van der Waals surface area contributed by atoms with Crippen LogP contribution in [0.4, 0.5) is 13.2 Å². The molecular formula is C11H12F3N3O. The monoisotopic (exact) mass is 259 g/mol. The summed E-state index contributed by atoms with van der Waals surface area (Å²) in [7, 11) is 0. The van der Waals surface area contributed by atoms with Crippen LogP contribution in [0.2, 0.25) is 0 Å². The van der Waals surface area contributed by atoms with Crippen LogP contribution in [-0.4, -0.2) is 9.78 Å². The molecule has 0 aliphatic carbocycles. The number of rotatable bonds is 3. The second-order valence-electron chi connectivity index (χ2n) is 3.92. The fraction of sp³-hybridized carbons (Fsp3) is 0.364. The topological polar surface area (TPSA) is 57.0 Å². The molecule has 0 atom stereocenters. The van der Waals surface area contributed by atoms with E-state index < -0.39 is 11.7 Å². The zero-order valence-corrected chi connectivity index (χ0v) is 9.66. The molecule has 18 heavy (non-hydrogen) atoms. The molecule has 2 heterocycles. The molecule has 0 unspecified atom stereocenters. The lowest BCUT2D eigenvalue weighted by Crippen LogP contribution is -2.04. The first-order valence-electron chi connectivity index (χ1n) is 5.28. The molecule has 0 spiro atoms. The van der Waals surface area contributed by atoms with Crippen molar-refractivity contribution in [3.8, 4) is 0 Å². The number of hydrogen-bond acceptors (Lipinski definition) is 3. The maximum absolute atomic E-state index is 12.4. The number of aryl methyl sites for hydroxylation is 1. The predicted octanol–water partition coefficient (Wildman–Crippen LogP) is 2.31. The van der Waals surface area contributed by atoms with E-state index in [4.69, 9.17) is 10.2 Å². The quantitative estimate of drug-likeness (QED) is 0.920. The molecule has 0 bridgehead atoms. The Bertz CT molecular complexity index is 542. The van der Waals surface area contributed by atoms with Crippen molar-refractivity contribution in [2.24, 2.45) is 5.73 Å². The fourth-order valence-electron chi connectivity index (χ4n) is 1.62. The number of halogens is 3. The second kappa shape index (κ2) is 4.49. The molecule has 7 heteroatoms. The van der Waals surface area contributed by atoms with E-state index in [9.17, 15) is 13.2 Å². The lowest BCUT2D eigenvalue weighted by Gasteiger charge is -2.01. The summed E-state index contributed by atoms with van der Waals surface area (Å²) in [6.07, 6.45) is -2.60. The normalized spacial score (nSPS) is 12.1. The third kappa shape index (κ3) is 2.56. The minimum atomic E-state index is -4.37. The highest BCUT2D eigenvalue weighted by molar-refractivity contribution is 5.21. The lowest BCUT2D eigenvalue weighted by molar-refractivity contribution is -0.137. The van der Waals surface area contributed by atoms with Crippen molar-refractivity contribution in [2.45, 2.75) is 26.2 Å². The highest BCUT2D eigenvalue weighted by Gasteiger charge is 2.32. The van der Waals surface area contributed by atoms with Crippen LogP contribution in [0.25, 0.3) is 0 Å². The Morgan fingerprint density at radius 1 is 1.44 bits per heavy atom. The molecule has 2 aromatic heterocycles.